The Morgan fingerprint density at radius 2 is 2.36 bits per heavy atom. The highest BCUT2D eigenvalue weighted by atomic mass is 32.2. The Morgan fingerprint density at radius 1 is 1.57 bits per heavy atom. The minimum atomic E-state index is -1.88. The average Bonchev–Trinajstić information content (AvgIpc) is 2.18. The summed E-state index contributed by atoms with van der Waals surface area (Å²) in [7, 11) is 0. The van der Waals surface area contributed by atoms with Gasteiger partial charge >= 0.3 is 0 Å². The summed E-state index contributed by atoms with van der Waals surface area (Å²) < 4.78 is 20.6. The summed E-state index contributed by atoms with van der Waals surface area (Å²) in [6.07, 6.45) is 3.16. The maximum absolute atomic E-state index is 10.3. The van der Waals surface area contributed by atoms with Crippen LogP contribution in [-0.2, 0) is 11.1 Å². The quantitative estimate of drug-likeness (QED) is 0.657. The van der Waals surface area contributed by atoms with Gasteiger partial charge in [-0.25, -0.2) is 0 Å². The molecular formula is C9H19N2O2S-. The molecule has 1 aliphatic rings. The van der Waals surface area contributed by atoms with E-state index in [1.165, 1.54) is 12.8 Å². The van der Waals surface area contributed by atoms with Crippen LogP contribution in [0.1, 0.15) is 19.3 Å². The van der Waals surface area contributed by atoms with Crippen molar-refractivity contribution in [3.63, 3.8) is 0 Å². The van der Waals surface area contributed by atoms with Gasteiger partial charge in [-0.05, 0) is 44.8 Å². The van der Waals surface area contributed by atoms with Gasteiger partial charge < -0.3 is 15.2 Å². The molecular weight excluding hydrogens is 200 g/mol. The maximum atomic E-state index is 10.3. The molecule has 0 amide bonds. The molecule has 1 rings (SSSR count). The van der Waals surface area contributed by atoms with Crippen LogP contribution in [0, 0.1) is 5.92 Å². The lowest BCUT2D eigenvalue weighted by Crippen LogP contribution is -2.39. The molecule has 84 valence electrons. The molecule has 0 saturated carbocycles. The topological polar surface area (TPSA) is 69.4 Å². The lowest BCUT2D eigenvalue weighted by Gasteiger charge is -2.32. The van der Waals surface area contributed by atoms with Crippen LogP contribution >= 0.6 is 0 Å². The van der Waals surface area contributed by atoms with Crippen LogP contribution in [0.5, 0.6) is 0 Å². The molecule has 0 aromatic carbocycles. The Hall–Kier alpha value is 0.0300. The van der Waals surface area contributed by atoms with Gasteiger partial charge in [-0.15, -0.1) is 0 Å². The van der Waals surface area contributed by atoms with Crippen LogP contribution in [0.15, 0.2) is 0 Å². The number of rotatable bonds is 5. The Balaban J connectivity index is 2.14. The normalized spacial score (nSPS) is 26.3. The van der Waals surface area contributed by atoms with Gasteiger partial charge in [0.1, 0.15) is 0 Å². The van der Waals surface area contributed by atoms with Crippen molar-refractivity contribution >= 4 is 11.1 Å². The zero-order valence-electron chi connectivity index (χ0n) is 8.48. The maximum Gasteiger partial charge on any atom is 0.0114 e. The van der Waals surface area contributed by atoms with Gasteiger partial charge in [-0.1, -0.05) is 11.1 Å². The number of hydrogen-bond acceptors (Lipinski definition) is 4. The number of hydrogen-bond donors (Lipinski definition) is 1. The van der Waals surface area contributed by atoms with Crippen LogP contribution in [0.25, 0.3) is 0 Å². The zero-order valence-corrected chi connectivity index (χ0v) is 9.30. The molecule has 1 heterocycles. The Kier molecular flexibility index (Phi) is 5.62. The molecule has 0 bridgehead atoms. The van der Waals surface area contributed by atoms with Gasteiger partial charge in [-0.3, -0.25) is 4.21 Å². The molecule has 14 heavy (non-hydrogen) atoms. The number of nitrogens with two attached hydrogens (primary N) is 1. The third-order valence-corrected chi connectivity index (χ3v) is 3.34. The van der Waals surface area contributed by atoms with E-state index in [9.17, 15) is 8.76 Å². The summed E-state index contributed by atoms with van der Waals surface area (Å²) in [4.78, 5) is 2.33. The molecule has 0 aromatic rings. The van der Waals surface area contributed by atoms with E-state index in [0.29, 0.717) is 5.92 Å². The average molecular weight is 219 g/mol. The third-order valence-electron chi connectivity index (χ3n) is 2.72. The first-order valence-corrected chi connectivity index (χ1v) is 6.45. The highest BCUT2D eigenvalue weighted by molar-refractivity contribution is 7.79. The Bertz CT molecular complexity index is 190. The molecule has 1 fully saturated rings. The molecule has 0 aliphatic carbocycles. The van der Waals surface area contributed by atoms with Crippen LogP contribution in [0.3, 0.4) is 0 Å². The van der Waals surface area contributed by atoms with E-state index in [1.54, 1.807) is 0 Å². The fraction of sp³-hybridized carbons (Fsp3) is 1.00. The van der Waals surface area contributed by atoms with E-state index in [-0.39, 0.29) is 5.75 Å². The van der Waals surface area contributed by atoms with Gasteiger partial charge in [0, 0.05) is 12.3 Å². The standard InChI is InChI=1S/C9H20N2O2S/c10-7-9-3-1-4-11(8-9)5-2-6-14(12)13/h9H,1-8,10H2,(H,12,13)/p-1. The predicted molar refractivity (Wildman–Crippen MR) is 56.6 cm³/mol. The Labute approximate surface area is 88.1 Å². The van der Waals surface area contributed by atoms with Gasteiger partial charge in [0.25, 0.3) is 0 Å². The molecule has 4 nitrogen and oxygen atoms in total. The first-order valence-electron chi connectivity index (χ1n) is 5.20. The first kappa shape index (κ1) is 12.1. The van der Waals surface area contributed by atoms with Crippen molar-refractivity contribution in [2.45, 2.75) is 19.3 Å². The summed E-state index contributed by atoms with van der Waals surface area (Å²) >= 11 is -1.88. The molecule has 0 spiro atoms. The molecule has 1 saturated heterocycles. The first-order chi connectivity index (χ1) is 6.72. The minimum Gasteiger partial charge on any atom is -0.772 e. The molecule has 0 aromatic heterocycles. The van der Waals surface area contributed by atoms with E-state index in [0.717, 1.165) is 32.6 Å². The van der Waals surface area contributed by atoms with Gasteiger partial charge in [0.2, 0.25) is 0 Å². The van der Waals surface area contributed by atoms with Crippen LogP contribution in [-0.4, -0.2) is 45.6 Å². The second kappa shape index (κ2) is 6.50. The van der Waals surface area contributed by atoms with Crippen LogP contribution in [0.4, 0.5) is 0 Å². The monoisotopic (exact) mass is 219 g/mol. The molecule has 2 atom stereocenters. The number of piperidine rings is 1. The van der Waals surface area contributed by atoms with Crippen LogP contribution in [0.2, 0.25) is 0 Å². The zero-order chi connectivity index (χ0) is 10.4. The molecule has 2 N–H and O–H groups in total. The fourth-order valence-electron chi connectivity index (χ4n) is 1.95. The summed E-state index contributed by atoms with van der Waals surface area (Å²) in [5.41, 5.74) is 5.62. The second-order valence-electron chi connectivity index (χ2n) is 3.91. The largest absolute Gasteiger partial charge is 0.772 e. The van der Waals surface area contributed by atoms with E-state index < -0.39 is 11.1 Å². The van der Waals surface area contributed by atoms with Crippen molar-refractivity contribution in [2.75, 3.05) is 31.9 Å². The molecule has 1 aliphatic heterocycles. The van der Waals surface area contributed by atoms with Crippen molar-refractivity contribution < 1.29 is 8.76 Å². The summed E-state index contributed by atoms with van der Waals surface area (Å²) in [5, 5.41) is 0. The van der Waals surface area contributed by atoms with Crippen molar-refractivity contribution in [2.24, 2.45) is 11.7 Å². The predicted octanol–water partition coefficient (Wildman–Crippen LogP) is -0.0737. The van der Waals surface area contributed by atoms with Gasteiger partial charge in [-0.2, -0.15) is 0 Å². The van der Waals surface area contributed by atoms with Crippen molar-refractivity contribution in [3.05, 3.63) is 0 Å². The van der Waals surface area contributed by atoms with Gasteiger partial charge in [0.15, 0.2) is 0 Å². The van der Waals surface area contributed by atoms with Crippen LogP contribution < -0.4 is 5.73 Å². The Morgan fingerprint density at radius 3 is 3.00 bits per heavy atom. The van der Waals surface area contributed by atoms with E-state index in [2.05, 4.69) is 4.90 Å². The van der Waals surface area contributed by atoms with E-state index in [1.807, 2.05) is 0 Å². The van der Waals surface area contributed by atoms with Crippen molar-refractivity contribution in [3.8, 4) is 0 Å². The lowest BCUT2D eigenvalue weighted by molar-refractivity contribution is 0.179. The molecule has 2 unspecified atom stereocenters. The highest BCUT2D eigenvalue weighted by Crippen LogP contribution is 2.15. The van der Waals surface area contributed by atoms with Crippen molar-refractivity contribution in [1.82, 2.24) is 4.90 Å². The summed E-state index contributed by atoms with van der Waals surface area (Å²) in [6, 6.07) is 0. The highest BCUT2D eigenvalue weighted by Gasteiger charge is 2.17. The molecule has 5 heteroatoms. The number of likely N-dealkylation sites (tertiary alicyclic amines) is 1. The van der Waals surface area contributed by atoms with Crippen molar-refractivity contribution in [1.29, 1.82) is 0 Å². The summed E-state index contributed by atoms with van der Waals surface area (Å²) in [5.74, 6) is 0.894. The smallest absolute Gasteiger partial charge is 0.0114 e. The van der Waals surface area contributed by atoms with E-state index in [4.69, 9.17) is 5.73 Å². The SMILES string of the molecule is NCC1CCCN(CCCS(=O)[O-])C1. The van der Waals surface area contributed by atoms with E-state index >= 15 is 0 Å². The fourth-order valence-corrected chi connectivity index (χ4v) is 2.32. The second-order valence-corrected chi connectivity index (χ2v) is 4.92. The molecule has 0 radical (unpaired) electrons. The minimum absolute atomic E-state index is 0.282. The summed E-state index contributed by atoms with van der Waals surface area (Å²) in [6.45, 7) is 3.79. The third kappa shape index (κ3) is 4.50. The number of nitrogens with zero attached hydrogens (tertiary/aromatic N) is 1. The lowest BCUT2D eigenvalue weighted by atomic mass is 9.98. The van der Waals surface area contributed by atoms with Gasteiger partial charge in [0.05, 0.1) is 0 Å².